The van der Waals surface area contributed by atoms with Crippen LogP contribution in [0.2, 0.25) is 10.0 Å². The Bertz CT molecular complexity index is 494. The van der Waals surface area contributed by atoms with Gasteiger partial charge in [-0.05, 0) is 23.8 Å². The van der Waals surface area contributed by atoms with Crippen molar-refractivity contribution in [2.75, 3.05) is 0 Å². The van der Waals surface area contributed by atoms with Crippen molar-refractivity contribution in [2.45, 2.75) is 5.88 Å². The van der Waals surface area contributed by atoms with Crippen molar-refractivity contribution in [3.8, 4) is 11.1 Å². The second-order valence-electron chi connectivity index (χ2n) is 3.17. The number of rotatable bonds is 2. The molecule has 0 aliphatic heterocycles. The highest BCUT2D eigenvalue weighted by Crippen LogP contribution is 2.28. The van der Waals surface area contributed by atoms with Gasteiger partial charge in [0.05, 0.1) is 11.6 Å². The molecule has 0 N–H and O–H groups in total. The first-order valence-electron chi connectivity index (χ1n) is 4.52. The van der Waals surface area contributed by atoms with Crippen molar-refractivity contribution in [2.24, 2.45) is 0 Å². The number of alkyl halides is 1. The Morgan fingerprint density at radius 3 is 2.38 bits per heavy atom. The fourth-order valence-electron chi connectivity index (χ4n) is 1.41. The molecular weight excluding hydrogens is 266 g/mol. The molecule has 1 heterocycles. The predicted molar refractivity (Wildman–Crippen MR) is 67.0 cm³/mol. The minimum absolute atomic E-state index is 0.321. The van der Waals surface area contributed by atoms with E-state index < -0.39 is 0 Å². The van der Waals surface area contributed by atoms with Gasteiger partial charge in [-0.15, -0.1) is 11.6 Å². The van der Waals surface area contributed by atoms with Crippen molar-refractivity contribution in [3.05, 3.63) is 46.5 Å². The predicted octanol–water partition coefficient (Wildman–Crippen LogP) is 4.19. The molecule has 0 radical (unpaired) electrons. The molecule has 0 unspecified atom stereocenters. The van der Waals surface area contributed by atoms with E-state index in [1.165, 1.54) is 6.33 Å². The Morgan fingerprint density at radius 1 is 1.06 bits per heavy atom. The van der Waals surface area contributed by atoms with Crippen LogP contribution in [0.3, 0.4) is 0 Å². The third kappa shape index (κ3) is 2.46. The summed E-state index contributed by atoms with van der Waals surface area (Å²) in [5.74, 6) is 0.321. The molecule has 0 fully saturated rings. The van der Waals surface area contributed by atoms with Crippen molar-refractivity contribution < 1.29 is 0 Å². The lowest BCUT2D eigenvalue weighted by atomic mass is 10.1. The Morgan fingerprint density at radius 2 is 1.75 bits per heavy atom. The second kappa shape index (κ2) is 5.00. The zero-order chi connectivity index (χ0) is 11.5. The fourth-order valence-corrected chi connectivity index (χ4v) is 2.15. The van der Waals surface area contributed by atoms with Crippen LogP contribution >= 0.6 is 34.8 Å². The molecule has 5 heteroatoms. The summed E-state index contributed by atoms with van der Waals surface area (Å²) in [6.07, 6.45) is 3.17. The van der Waals surface area contributed by atoms with E-state index in [-0.39, 0.29) is 0 Å². The molecule has 1 aromatic carbocycles. The van der Waals surface area contributed by atoms with Crippen LogP contribution < -0.4 is 0 Å². The monoisotopic (exact) mass is 272 g/mol. The summed E-state index contributed by atoms with van der Waals surface area (Å²) in [6.45, 7) is 0. The molecule has 0 bridgehead atoms. The van der Waals surface area contributed by atoms with Crippen molar-refractivity contribution in [3.63, 3.8) is 0 Å². The molecule has 0 atom stereocenters. The number of hydrogen-bond donors (Lipinski definition) is 0. The highest BCUT2D eigenvalue weighted by atomic mass is 35.5. The van der Waals surface area contributed by atoms with Gasteiger partial charge in [0.15, 0.2) is 0 Å². The average Bonchev–Trinajstić information content (AvgIpc) is 2.27. The Hall–Kier alpha value is -0.830. The van der Waals surface area contributed by atoms with E-state index in [1.54, 1.807) is 12.3 Å². The highest BCUT2D eigenvalue weighted by Gasteiger charge is 2.07. The summed E-state index contributed by atoms with van der Waals surface area (Å²) in [4.78, 5) is 8.08. The standard InChI is InChI=1S/C11H7Cl3N2/c12-4-11-10(5-15-6-16-11)7-1-8(13)3-9(14)2-7/h1-3,5-6H,4H2. The van der Waals surface area contributed by atoms with Gasteiger partial charge in [-0.2, -0.15) is 0 Å². The fraction of sp³-hybridized carbons (Fsp3) is 0.0909. The van der Waals surface area contributed by atoms with Crippen LogP contribution in [-0.2, 0) is 5.88 Å². The molecule has 0 saturated heterocycles. The van der Waals surface area contributed by atoms with Gasteiger partial charge in [0.25, 0.3) is 0 Å². The molecule has 2 nitrogen and oxygen atoms in total. The third-order valence-corrected chi connectivity index (χ3v) is 2.78. The van der Waals surface area contributed by atoms with Crippen molar-refractivity contribution in [1.82, 2.24) is 9.97 Å². The summed E-state index contributed by atoms with van der Waals surface area (Å²) in [7, 11) is 0. The van der Waals surface area contributed by atoms with Crippen molar-refractivity contribution in [1.29, 1.82) is 0 Å². The molecule has 0 amide bonds. The minimum atomic E-state index is 0.321. The summed E-state index contributed by atoms with van der Waals surface area (Å²) < 4.78 is 0. The van der Waals surface area contributed by atoms with Gasteiger partial charge >= 0.3 is 0 Å². The van der Waals surface area contributed by atoms with Gasteiger partial charge < -0.3 is 0 Å². The summed E-state index contributed by atoms with van der Waals surface area (Å²) in [5, 5.41) is 1.15. The molecule has 0 aliphatic rings. The maximum atomic E-state index is 5.94. The van der Waals surface area contributed by atoms with Gasteiger partial charge in [0.2, 0.25) is 0 Å². The summed E-state index contributed by atoms with van der Waals surface area (Å²) in [6, 6.07) is 5.29. The molecule has 2 rings (SSSR count). The number of benzene rings is 1. The van der Waals surface area contributed by atoms with Gasteiger partial charge in [-0.3, -0.25) is 0 Å². The third-order valence-electron chi connectivity index (χ3n) is 2.09. The maximum Gasteiger partial charge on any atom is 0.115 e. The van der Waals surface area contributed by atoms with E-state index in [0.717, 1.165) is 16.8 Å². The van der Waals surface area contributed by atoms with Gasteiger partial charge in [0.1, 0.15) is 6.33 Å². The van der Waals surface area contributed by atoms with Crippen LogP contribution in [0.1, 0.15) is 5.69 Å². The second-order valence-corrected chi connectivity index (χ2v) is 4.31. The van der Waals surface area contributed by atoms with Crippen LogP contribution in [0.5, 0.6) is 0 Å². The molecule has 1 aromatic heterocycles. The van der Waals surface area contributed by atoms with Crippen molar-refractivity contribution >= 4 is 34.8 Å². The molecular formula is C11H7Cl3N2. The number of nitrogens with zero attached hydrogens (tertiary/aromatic N) is 2. The lowest BCUT2D eigenvalue weighted by molar-refractivity contribution is 1.09. The topological polar surface area (TPSA) is 25.8 Å². The number of halogens is 3. The quantitative estimate of drug-likeness (QED) is 0.767. The van der Waals surface area contributed by atoms with E-state index in [2.05, 4.69) is 9.97 Å². The first-order chi connectivity index (χ1) is 7.70. The maximum absolute atomic E-state index is 5.94. The van der Waals surface area contributed by atoms with E-state index >= 15 is 0 Å². The lowest BCUT2D eigenvalue weighted by Gasteiger charge is -2.06. The van der Waals surface area contributed by atoms with E-state index in [4.69, 9.17) is 34.8 Å². The molecule has 16 heavy (non-hydrogen) atoms. The average molecular weight is 274 g/mol. The van der Waals surface area contributed by atoms with Gasteiger partial charge in [-0.25, -0.2) is 9.97 Å². The van der Waals surface area contributed by atoms with E-state index in [0.29, 0.717) is 15.9 Å². The molecule has 0 aliphatic carbocycles. The lowest BCUT2D eigenvalue weighted by Crippen LogP contribution is -1.92. The van der Waals surface area contributed by atoms with Crippen LogP contribution in [0.4, 0.5) is 0 Å². The van der Waals surface area contributed by atoms with E-state index in [9.17, 15) is 0 Å². The molecule has 82 valence electrons. The number of hydrogen-bond acceptors (Lipinski definition) is 2. The zero-order valence-corrected chi connectivity index (χ0v) is 10.4. The van der Waals surface area contributed by atoms with Crippen LogP contribution in [0.25, 0.3) is 11.1 Å². The number of aromatic nitrogens is 2. The SMILES string of the molecule is ClCc1ncncc1-c1cc(Cl)cc(Cl)c1. The first-order valence-corrected chi connectivity index (χ1v) is 5.81. The Kier molecular flexibility index (Phi) is 3.64. The Balaban J connectivity index is 2.58. The minimum Gasteiger partial charge on any atom is -0.244 e. The zero-order valence-electron chi connectivity index (χ0n) is 8.12. The smallest absolute Gasteiger partial charge is 0.115 e. The van der Waals surface area contributed by atoms with Crippen LogP contribution in [-0.4, -0.2) is 9.97 Å². The molecule has 0 saturated carbocycles. The summed E-state index contributed by atoms with van der Waals surface area (Å²) >= 11 is 17.7. The van der Waals surface area contributed by atoms with Crippen LogP contribution in [0, 0.1) is 0 Å². The molecule has 0 spiro atoms. The van der Waals surface area contributed by atoms with Gasteiger partial charge in [0, 0.05) is 21.8 Å². The first kappa shape index (κ1) is 11.6. The largest absolute Gasteiger partial charge is 0.244 e. The Labute approximate surface area is 108 Å². The van der Waals surface area contributed by atoms with Gasteiger partial charge in [-0.1, -0.05) is 23.2 Å². The molecule has 2 aromatic rings. The highest BCUT2D eigenvalue weighted by molar-refractivity contribution is 6.35. The normalized spacial score (nSPS) is 10.4. The summed E-state index contributed by atoms with van der Waals surface area (Å²) in [5.41, 5.74) is 2.48. The van der Waals surface area contributed by atoms with Crippen LogP contribution in [0.15, 0.2) is 30.7 Å². The van der Waals surface area contributed by atoms with E-state index in [1.807, 2.05) is 12.1 Å².